The summed E-state index contributed by atoms with van der Waals surface area (Å²) in [6, 6.07) is 0. The first-order valence-electron chi connectivity index (χ1n) is 3.88. The quantitative estimate of drug-likeness (QED) is 0.594. The van der Waals surface area contributed by atoms with Gasteiger partial charge in [-0.15, -0.1) is 12.4 Å². The van der Waals surface area contributed by atoms with E-state index in [1.54, 1.807) is 7.05 Å². The zero-order valence-corrected chi connectivity index (χ0v) is 7.95. The Kier molecular flexibility index (Phi) is 6.06. The molecule has 2 N–H and O–H groups in total. The van der Waals surface area contributed by atoms with Gasteiger partial charge >= 0.3 is 0 Å². The Morgan fingerprint density at radius 2 is 2.42 bits per heavy atom. The molecule has 4 nitrogen and oxygen atoms in total. The van der Waals surface area contributed by atoms with E-state index in [1.807, 2.05) is 0 Å². The molecule has 12 heavy (non-hydrogen) atoms. The average Bonchev–Trinajstić information content (AvgIpc) is 2.30. The van der Waals surface area contributed by atoms with Crippen molar-refractivity contribution in [2.45, 2.75) is 12.5 Å². The molecule has 1 aliphatic rings. The van der Waals surface area contributed by atoms with Gasteiger partial charge in [-0.1, -0.05) is 0 Å². The minimum atomic E-state index is -0.303. The molecule has 0 saturated carbocycles. The summed E-state index contributed by atoms with van der Waals surface area (Å²) in [5.74, 6) is -0.0422. The van der Waals surface area contributed by atoms with E-state index in [0.717, 1.165) is 13.0 Å². The molecule has 0 aromatic heterocycles. The smallest absolute Gasteiger partial charge is 0.250 e. The second kappa shape index (κ2) is 6.22. The highest BCUT2D eigenvalue weighted by Gasteiger charge is 2.18. The molecule has 1 amide bonds. The molecule has 0 bridgehead atoms. The van der Waals surface area contributed by atoms with E-state index < -0.39 is 0 Å². The van der Waals surface area contributed by atoms with Gasteiger partial charge in [0, 0.05) is 20.2 Å². The first-order chi connectivity index (χ1) is 5.34. The lowest BCUT2D eigenvalue weighted by Crippen LogP contribution is -2.39. The van der Waals surface area contributed by atoms with Crippen molar-refractivity contribution in [3.05, 3.63) is 0 Å². The fourth-order valence-corrected chi connectivity index (χ4v) is 1.04. The van der Waals surface area contributed by atoms with E-state index in [-0.39, 0.29) is 24.4 Å². The minimum Gasteiger partial charge on any atom is -0.367 e. The topological polar surface area (TPSA) is 50.4 Å². The number of carbonyl (C=O) groups is 1. The van der Waals surface area contributed by atoms with Crippen LogP contribution in [0.25, 0.3) is 0 Å². The van der Waals surface area contributed by atoms with E-state index in [0.29, 0.717) is 13.2 Å². The van der Waals surface area contributed by atoms with Crippen LogP contribution in [-0.4, -0.2) is 38.8 Å². The molecule has 1 rings (SSSR count). The molecule has 1 atom stereocenters. The highest BCUT2D eigenvalue weighted by Crippen LogP contribution is 1.96. The standard InChI is InChI=1S/C7H14N2O2.ClH/c1-8-7(10)6-5-9-3-2-4-11-6;/h6,9H,2-5H2,1H3,(H,8,10);1H. The van der Waals surface area contributed by atoms with Gasteiger partial charge in [0.2, 0.25) is 5.91 Å². The number of ether oxygens (including phenoxy) is 1. The van der Waals surface area contributed by atoms with Crippen LogP contribution >= 0.6 is 12.4 Å². The van der Waals surface area contributed by atoms with E-state index in [1.165, 1.54) is 0 Å². The van der Waals surface area contributed by atoms with E-state index >= 15 is 0 Å². The summed E-state index contributed by atoms with van der Waals surface area (Å²) in [7, 11) is 1.62. The van der Waals surface area contributed by atoms with Gasteiger partial charge in [0.25, 0.3) is 0 Å². The maximum Gasteiger partial charge on any atom is 0.250 e. The van der Waals surface area contributed by atoms with Crippen LogP contribution in [0.5, 0.6) is 0 Å². The minimum absolute atomic E-state index is 0. The number of hydrogen-bond acceptors (Lipinski definition) is 3. The fraction of sp³-hybridized carbons (Fsp3) is 0.857. The van der Waals surface area contributed by atoms with E-state index in [9.17, 15) is 4.79 Å². The number of halogens is 1. The zero-order chi connectivity index (χ0) is 8.10. The SMILES string of the molecule is CNC(=O)C1CNCCCO1.Cl. The predicted molar refractivity (Wildman–Crippen MR) is 48.5 cm³/mol. The van der Waals surface area contributed by atoms with Gasteiger partial charge in [-0.25, -0.2) is 0 Å². The van der Waals surface area contributed by atoms with Crippen LogP contribution in [0.2, 0.25) is 0 Å². The maximum absolute atomic E-state index is 11.0. The molecule has 1 fully saturated rings. The number of carbonyl (C=O) groups excluding carboxylic acids is 1. The monoisotopic (exact) mass is 194 g/mol. The number of nitrogens with one attached hydrogen (secondary N) is 2. The van der Waals surface area contributed by atoms with Crippen LogP contribution in [0.1, 0.15) is 6.42 Å². The normalized spacial score (nSPS) is 23.6. The number of likely N-dealkylation sites (N-methyl/N-ethyl adjacent to an activating group) is 1. The third kappa shape index (κ3) is 3.38. The molecule has 0 aromatic carbocycles. The molecule has 0 aliphatic carbocycles. The summed E-state index contributed by atoms with van der Waals surface area (Å²) in [6.07, 6.45) is 0.676. The Bertz CT molecular complexity index is 135. The lowest BCUT2D eigenvalue weighted by molar-refractivity contribution is -0.131. The maximum atomic E-state index is 11.0. The van der Waals surface area contributed by atoms with Gasteiger partial charge in [-0.05, 0) is 13.0 Å². The number of amides is 1. The molecule has 72 valence electrons. The van der Waals surface area contributed by atoms with Crippen molar-refractivity contribution in [2.75, 3.05) is 26.7 Å². The van der Waals surface area contributed by atoms with Crippen LogP contribution in [0.3, 0.4) is 0 Å². The summed E-state index contributed by atoms with van der Waals surface area (Å²) in [6.45, 7) is 2.23. The van der Waals surface area contributed by atoms with Gasteiger partial charge in [0.05, 0.1) is 0 Å². The first kappa shape index (κ1) is 11.7. The molecular formula is C7H15ClN2O2. The Morgan fingerprint density at radius 3 is 3.08 bits per heavy atom. The predicted octanol–water partition coefficient (Wildman–Crippen LogP) is -0.467. The fourth-order valence-electron chi connectivity index (χ4n) is 1.04. The first-order valence-corrected chi connectivity index (χ1v) is 3.88. The van der Waals surface area contributed by atoms with Crippen LogP contribution in [0, 0.1) is 0 Å². The van der Waals surface area contributed by atoms with Crippen molar-refractivity contribution >= 4 is 18.3 Å². The van der Waals surface area contributed by atoms with Crippen molar-refractivity contribution in [1.82, 2.24) is 10.6 Å². The molecule has 5 heteroatoms. The highest BCUT2D eigenvalue weighted by molar-refractivity contribution is 5.85. The Morgan fingerprint density at radius 1 is 1.67 bits per heavy atom. The van der Waals surface area contributed by atoms with E-state index in [4.69, 9.17) is 4.74 Å². The van der Waals surface area contributed by atoms with Crippen molar-refractivity contribution < 1.29 is 9.53 Å². The largest absolute Gasteiger partial charge is 0.367 e. The van der Waals surface area contributed by atoms with Crippen LogP contribution in [0.15, 0.2) is 0 Å². The van der Waals surface area contributed by atoms with Crippen LogP contribution in [0.4, 0.5) is 0 Å². The number of rotatable bonds is 1. The van der Waals surface area contributed by atoms with Gasteiger partial charge in [-0.3, -0.25) is 4.79 Å². The molecule has 1 saturated heterocycles. The lowest BCUT2D eigenvalue weighted by atomic mass is 10.3. The summed E-state index contributed by atoms with van der Waals surface area (Å²) in [4.78, 5) is 11.0. The zero-order valence-electron chi connectivity index (χ0n) is 7.13. The third-order valence-corrected chi connectivity index (χ3v) is 1.69. The summed E-state index contributed by atoms with van der Waals surface area (Å²) in [5.41, 5.74) is 0. The van der Waals surface area contributed by atoms with Gasteiger partial charge in [0.15, 0.2) is 0 Å². The second-order valence-electron chi connectivity index (χ2n) is 2.53. The summed E-state index contributed by atoms with van der Waals surface area (Å²) in [5, 5.41) is 5.69. The van der Waals surface area contributed by atoms with Gasteiger partial charge < -0.3 is 15.4 Å². The lowest BCUT2D eigenvalue weighted by Gasteiger charge is -2.12. The summed E-state index contributed by atoms with van der Waals surface area (Å²) < 4.78 is 5.28. The molecule has 1 heterocycles. The van der Waals surface area contributed by atoms with Crippen molar-refractivity contribution in [3.8, 4) is 0 Å². The van der Waals surface area contributed by atoms with Crippen molar-refractivity contribution in [2.24, 2.45) is 0 Å². The third-order valence-electron chi connectivity index (χ3n) is 1.69. The van der Waals surface area contributed by atoms with Crippen LogP contribution in [-0.2, 0) is 9.53 Å². The van der Waals surface area contributed by atoms with E-state index in [2.05, 4.69) is 10.6 Å². The van der Waals surface area contributed by atoms with Crippen LogP contribution < -0.4 is 10.6 Å². The highest BCUT2D eigenvalue weighted by atomic mass is 35.5. The molecule has 1 unspecified atom stereocenters. The molecule has 0 spiro atoms. The van der Waals surface area contributed by atoms with Gasteiger partial charge in [-0.2, -0.15) is 0 Å². The Balaban J connectivity index is 0.00000121. The average molecular weight is 195 g/mol. The van der Waals surface area contributed by atoms with Gasteiger partial charge in [0.1, 0.15) is 6.10 Å². The molecule has 1 aliphatic heterocycles. The Labute approximate surface area is 78.5 Å². The molecular weight excluding hydrogens is 180 g/mol. The number of hydrogen-bond donors (Lipinski definition) is 2. The molecule has 0 radical (unpaired) electrons. The Hall–Kier alpha value is -0.320. The molecule has 0 aromatic rings. The summed E-state index contributed by atoms with van der Waals surface area (Å²) >= 11 is 0. The second-order valence-corrected chi connectivity index (χ2v) is 2.53. The van der Waals surface area contributed by atoms with Crippen molar-refractivity contribution in [3.63, 3.8) is 0 Å². The van der Waals surface area contributed by atoms with Crippen molar-refractivity contribution in [1.29, 1.82) is 0 Å².